The Morgan fingerprint density at radius 2 is 1.89 bits per heavy atom. The SMILES string of the molecule is C=C(C)c1cnc(-c2ccccc2F)cc1Nc1ccncc1C(=O)NC(C1CCCC1)[C@H](C)O. The molecule has 1 saturated carbocycles. The summed E-state index contributed by atoms with van der Waals surface area (Å²) in [7, 11) is 0. The van der Waals surface area contributed by atoms with Gasteiger partial charge in [0.1, 0.15) is 5.82 Å². The van der Waals surface area contributed by atoms with Crippen molar-refractivity contribution in [3.8, 4) is 11.3 Å². The molecule has 1 fully saturated rings. The van der Waals surface area contributed by atoms with Crippen LogP contribution in [0.15, 0.2) is 61.6 Å². The number of pyridine rings is 2. The van der Waals surface area contributed by atoms with Crippen LogP contribution in [0.2, 0.25) is 0 Å². The molecule has 1 aliphatic carbocycles. The van der Waals surface area contributed by atoms with E-state index in [1.54, 1.807) is 49.6 Å². The first kappa shape index (κ1) is 24.5. The number of halogens is 1. The Morgan fingerprint density at radius 3 is 2.57 bits per heavy atom. The molecule has 0 bridgehead atoms. The zero-order valence-electron chi connectivity index (χ0n) is 20.1. The van der Waals surface area contributed by atoms with Crippen molar-refractivity contribution in [3.05, 3.63) is 78.5 Å². The van der Waals surface area contributed by atoms with Crippen LogP contribution in [0.1, 0.15) is 55.5 Å². The van der Waals surface area contributed by atoms with Gasteiger partial charge >= 0.3 is 0 Å². The van der Waals surface area contributed by atoms with E-state index in [1.165, 1.54) is 12.3 Å². The predicted molar refractivity (Wildman–Crippen MR) is 137 cm³/mol. The number of carbonyl (C=O) groups excluding carboxylic acids is 1. The van der Waals surface area contributed by atoms with Gasteiger partial charge in [-0.3, -0.25) is 14.8 Å². The molecular formula is C28H31FN4O2. The largest absolute Gasteiger partial charge is 0.391 e. The van der Waals surface area contributed by atoms with Gasteiger partial charge in [0.25, 0.3) is 5.91 Å². The fraction of sp³-hybridized carbons (Fsp3) is 0.321. The maximum Gasteiger partial charge on any atom is 0.255 e. The molecule has 0 radical (unpaired) electrons. The Labute approximate surface area is 205 Å². The van der Waals surface area contributed by atoms with Crippen molar-refractivity contribution in [2.75, 3.05) is 5.32 Å². The Kier molecular flexibility index (Phi) is 7.56. The summed E-state index contributed by atoms with van der Waals surface area (Å²) >= 11 is 0. The van der Waals surface area contributed by atoms with Gasteiger partial charge in [0, 0.05) is 35.4 Å². The minimum atomic E-state index is -0.659. The van der Waals surface area contributed by atoms with Crippen LogP contribution in [0.25, 0.3) is 16.8 Å². The Bertz CT molecular complexity index is 1220. The summed E-state index contributed by atoms with van der Waals surface area (Å²) in [4.78, 5) is 21.9. The van der Waals surface area contributed by atoms with E-state index in [9.17, 15) is 14.3 Å². The van der Waals surface area contributed by atoms with E-state index >= 15 is 0 Å². The summed E-state index contributed by atoms with van der Waals surface area (Å²) in [6.07, 6.45) is 8.30. The predicted octanol–water partition coefficient (Wildman–Crippen LogP) is 5.73. The van der Waals surface area contributed by atoms with Gasteiger partial charge in [0.2, 0.25) is 0 Å². The van der Waals surface area contributed by atoms with Gasteiger partial charge < -0.3 is 15.7 Å². The van der Waals surface area contributed by atoms with Crippen molar-refractivity contribution in [2.24, 2.45) is 5.92 Å². The average molecular weight is 475 g/mol. The summed E-state index contributed by atoms with van der Waals surface area (Å²) in [6, 6.07) is 9.60. The third kappa shape index (κ3) is 5.57. The summed E-state index contributed by atoms with van der Waals surface area (Å²) in [5.41, 5.74) is 3.92. The van der Waals surface area contributed by atoms with E-state index in [0.717, 1.165) is 36.8 Å². The number of amides is 1. The lowest BCUT2D eigenvalue weighted by molar-refractivity contribution is 0.0781. The van der Waals surface area contributed by atoms with E-state index in [1.807, 2.05) is 6.92 Å². The number of aliphatic hydroxyl groups is 1. The monoisotopic (exact) mass is 474 g/mol. The molecule has 1 aliphatic rings. The second-order valence-corrected chi connectivity index (χ2v) is 9.21. The van der Waals surface area contributed by atoms with Gasteiger partial charge in [-0.1, -0.05) is 31.6 Å². The third-order valence-electron chi connectivity index (χ3n) is 6.57. The number of benzene rings is 1. The minimum Gasteiger partial charge on any atom is -0.391 e. The molecular weight excluding hydrogens is 443 g/mol. The topological polar surface area (TPSA) is 87.1 Å². The van der Waals surface area contributed by atoms with Gasteiger partial charge in [0.05, 0.1) is 29.1 Å². The molecule has 2 heterocycles. The van der Waals surface area contributed by atoms with Gasteiger partial charge in [-0.2, -0.15) is 0 Å². The Morgan fingerprint density at radius 1 is 1.14 bits per heavy atom. The molecule has 2 atom stereocenters. The molecule has 3 N–H and O–H groups in total. The smallest absolute Gasteiger partial charge is 0.255 e. The highest BCUT2D eigenvalue weighted by Crippen LogP contribution is 2.32. The lowest BCUT2D eigenvalue weighted by atomic mass is 9.93. The van der Waals surface area contributed by atoms with E-state index < -0.39 is 6.10 Å². The van der Waals surface area contributed by atoms with Crippen molar-refractivity contribution in [1.29, 1.82) is 0 Å². The lowest BCUT2D eigenvalue weighted by Crippen LogP contribution is -2.46. The number of hydrogen-bond donors (Lipinski definition) is 3. The maximum atomic E-state index is 14.4. The van der Waals surface area contributed by atoms with Crippen molar-refractivity contribution in [3.63, 3.8) is 0 Å². The van der Waals surface area contributed by atoms with Crippen LogP contribution in [0.3, 0.4) is 0 Å². The fourth-order valence-electron chi connectivity index (χ4n) is 4.72. The van der Waals surface area contributed by atoms with Crippen molar-refractivity contribution < 1.29 is 14.3 Å². The number of hydrogen-bond acceptors (Lipinski definition) is 5. The van der Waals surface area contributed by atoms with Gasteiger partial charge in [-0.05, 0) is 62.4 Å². The summed E-state index contributed by atoms with van der Waals surface area (Å²) in [5.74, 6) is -0.418. The first-order chi connectivity index (χ1) is 16.8. The maximum absolute atomic E-state index is 14.4. The second-order valence-electron chi connectivity index (χ2n) is 9.21. The zero-order valence-corrected chi connectivity index (χ0v) is 20.1. The van der Waals surface area contributed by atoms with E-state index in [2.05, 4.69) is 27.2 Å². The van der Waals surface area contributed by atoms with Crippen LogP contribution in [0.4, 0.5) is 15.8 Å². The lowest BCUT2D eigenvalue weighted by Gasteiger charge is -2.27. The molecule has 1 amide bonds. The zero-order chi connectivity index (χ0) is 24.9. The summed E-state index contributed by atoms with van der Waals surface area (Å²) in [5, 5.41) is 16.7. The number of allylic oxidation sites excluding steroid dienone is 1. The minimum absolute atomic E-state index is 0.255. The van der Waals surface area contributed by atoms with Crippen LogP contribution in [-0.4, -0.2) is 33.1 Å². The fourth-order valence-corrected chi connectivity index (χ4v) is 4.72. The van der Waals surface area contributed by atoms with E-state index in [-0.39, 0.29) is 23.7 Å². The molecule has 2 aromatic heterocycles. The molecule has 0 spiro atoms. The number of nitrogens with zero attached hydrogens (tertiary/aromatic N) is 2. The second kappa shape index (κ2) is 10.8. The summed E-state index contributed by atoms with van der Waals surface area (Å²) in [6.45, 7) is 7.61. The molecule has 0 aliphatic heterocycles. The standard InChI is InChI=1S/C28H31FN4O2/c1-17(2)21-16-31-25(20-10-6-7-11-23(20)29)14-26(21)32-24-12-13-30-15-22(24)28(35)33-27(18(3)34)19-8-4-5-9-19/h6-7,10-16,18-19,27,34H,1,4-5,8-9H2,2-3H3,(H,33,35)(H,30,31,32)/t18-,27?/m0/s1. The quantitative estimate of drug-likeness (QED) is 0.388. The number of nitrogens with one attached hydrogen (secondary N) is 2. The number of carbonyl (C=O) groups is 1. The highest BCUT2D eigenvalue weighted by Gasteiger charge is 2.30. The molecule has 7 heteroatoms. The van der Waals surface area contributed by atoms with Crippen LogP contribution in [0, 0.1) is 11.7 Å². The Balaban J connectivity index is 1.66. The first-order valence-electron chi connectivity index (χ1n) is 12.0. The van der Waals surface area contributed by atoms with Gasteiger partial charge in [0.15, 0.2) is 0 Å². The number of aromatic nitrogens is 2. The van der Waals surface area contributed by atoms with Crippen LogP contribution in [0.5, 0.6) is 0 Å². The Hall–Kier alpha value is -3.58. The van der Waals surface area contributed by atoms with Crippen molar-refractivity contribution in [2.45, 2.75) is 51.7 Å². The van der Waals surface area contributed by atoms with Crippen molar-refractivity contribution >= 4 is 22.9 Å². The normalized spacial score (nSPS) is 15.4. The third-order valence-corrected chi connectivity index (χ3v) is 6.57. The molecule has 35 heavy (non-hydrogen) atoms. The van der Waals surface area contributed by atoms with Crippen LogP contribution < -0.4 is 10.6 Å². The number of aliphatic hydroxyl groups excluding tert-OH is 1. The molecule has 1 aromatic carbocycles. The molecule has 4 rings (SSSR count). The summed E-state index contributed by atoms with van der Waals surface area (Å²) < 4.78 is 14.4. The molecule has 0 saturated heterocycles. The first-order valence-corrected chi connectivity index (χ1v) is 12.0. The molecule has 3 aromatic rings. The highest BCUT2D eigenvalue weighted by atomic mass is 19.1. The number of anilines is 2. The number of rotatable bonds is 8. The molecule has 1 unspecified atom stereocenters. The van der Waals surface area contributed by atoms with Crippen LogP contribution in [-0.2, 0) is 0 Å². The van der Waals surface area contributed by atoms with Gasteiger partial charge in [-0.15, -0.1) is 0 Å². The van der Waals surface area contributed by atoms with Crippen molar-refractivity contribution in [1.82, 2.24) is 15.3 Å². The molecule has 6 nitrogen and oxygen atoms in total. The van der Waals surface area contributed by atoms with E-state index in [4.69, 9.17) is 0 Å². The van der Waals surface area contributed by atoms with Gasteiger partial charge in [-0.25, -0.2) is 4.39 Å². The highest BCUT2D eigenvalue weighted by molar-refractivity contribution is 6.00. The molecule has 182 valence electrons. The average Bonchev–Trinajstić information content (AvgIpc) is 3.37. The van der Waals surface area contributed by atoms with Crippen LogP contribution >= 0.6 is 0 Å². The van der Waals surface area contributed by atoms with E-state index in [0.29, 0.717) is 28.2 Å².